The quantitative estimate of drug-likeness (QED) is 0.341. The second-order valence-electron chi connectivity index (χ2n) is 7.96. The highest BCUT2D eigenvalue weighted by molar-refractivity contribution is 7.14. The summed E-state index contributed by atoms with van der Waals surface area (Å²) in [5, 5.41) is 4.21. The first-order valence-corrected chi connectivity index (χ1v) is 12.1. The van der Waals surface area contributed by atoms with Gasteiger partial charge < -0.3 is 14.4 Å². The van der Waals surface area contributed by atoms with Gasteiger partial charge >= 0.3 is 12.3 Å². The molecule has 0 radical (unpaired) electrons. The minimum atomic E-state index is -5.05. The molecule has 3 heterocycles. The molecule has 196 valence electrons. The predicted octanol–water partition coefficient (Wildman–Crippen LogP) is 4.67. The third-order valence-electron chi connectivity index (χ3n) is 5.49. The van der Waals surface area contributed by atoms with Crippen LogP contribution >= 0.6 is 11.3 Å². The number of alkyl halides is 3. The molecule has 4 rings (SSSR count). The molecular weight excluding hydrogens is 518 g/mol. The van der Waals surface area contributed by atoms with Gasteiger partial charge in [-0.1, -0.05) is 0 Å². The van der Waals surface area contributed by atoms with Crippen LogP contribution < -0.4 is 15.0 Å². The number of thiazole rings is 1. The Kier molecular flexibility index (Phi) is 7.86. The third-order valence-corrected chi connectivity index (χ3v) is 6.24. The van der Waals surface area contributed by atoms with Crippen molar-refractivity contribution in [1.82, 2.24) is 15.0 Å². The van der Waals surface area contributed by atoms with Crippen molar-refractivity contribution < 1.29 is 36.6 Å². The van der Waals surface area contributed by atoms with Crippen molar-refractivity contribution in [2.24, 2.45) is 5.92 Å². The van der Waals surface area contributed by atoms with Crippen LogP contribution in [-0.4, -0.2) is 52.9 Å². The molecule has 2 aromatic heterocycles. The van der Waals surface area contributed by atoms with Gasteiger partial charge in [0.05, 0.1) is 30.6 Å². The summed E-state index contributed by atoms with van der Waals surface area (Å²) in [5.41, 5.74) is 0.429. The van der Waals surface area contributed by atoms with Crippen molar-refractivity contribution >= 4 is 34.2 Å². The Hall–Kier alpha value is -3.81. The van der Waals surface area contributed by atoms with Crippen molar-refractivity contribution in [3.05, 3.63) is 47.5 Å². The van der Waals surface area contributed by atoms with Crippen molar-refractivity contribution in [1.29, 1.82) is 0 Å². The second-order valence-corrected chi connectivity index (χ2v) is 8.82. The molecule has 14 heteroatoms. The number of piperidine rings is 1. The van der Waals surface area contributed by atoms with Gasteiger partial charge in [0.15, 0.2) is 16.7 Å². The first-order valence-electron chi connectivity index (χ1n) is 11.2. The van der Waals surface area contributed by atoms with Crippen LogP contribution in [0.5, 0.6) is 5.75 Å². The summed E-state index contributed by atoms with van der Waals surface area (Å²) in [5.74, 6) is -2.50. The lowest BCUT2D eigenvalue weighted by Gasteiger charge is -2.31. The molecule has 1 saturated heterocycles. The van der Waals surface area contributed by atoms with E-state index in [1.165, 1.54) is 23.8 Å². The van der Waals surface area contributed by atoms with Gasteiger partial charge in [0.2, 0.25) is 0 Å². The Labute approximate surface area is 212 Å². The number of benzene rings is 1. The fourth-order valence-corrected chi connectivity index (χ4v) is 4.41. The molecule has 1 aromatic carbocycles. The molecule has 0 unspecified atom stereocenters. The fraction of sp³-hybridized carbons (Fsp3) is 0.348. The van der Waals surface area contributed by atoms with E-state index < -0.39 is 23.8 Å². The molecule has 1 aliphatic heterocycles. The average molecular weight is 540 g/mol. The van der Waals surface area contributed by atoms with Crippen LogP contribution in [0.3, 0.4) is 0 Å². The second kappa shape index (κ2) is 11.1. The van der Waals surface area contributed by atoms with Crippen LogP contribution in [0.4, 0.5) is 28.5 Å². The normalized spacial score (nSPS) is 14.4. The zero-order valence-electron chi connectivity index (χ0n) is 19.4. The van der Waals surface area contributed by atoms with Crippen LogP contribution in [0, 0.1) is 11.7 Å². The van der Waals surface area contributed by atoms with E-state index in [2.05, 4.69) is 25.0 Å². The topological polar surface area (TPSA) is 107 Å². The molecule has 1 aliphatic rings. The summed E-state index contributed by atoms with van der Waals surface area (Å²) < 4.78 is 59.9. The number of rotatable bonds is 7. The van der Waals surface area contributed by atoms with Crippen LogP contribution in [0.2, 0.25) is 0 Å². The number of amides is 1. The van der Waals surface area contributed by atoms with Crippen molar-refractivity contribution in [3.8, 4) is 17.0 Å². The minimum absolute atomic E-state index is 0.0320. The lowest BCUT2D eigenvalue weighted by Crippen LogP contribution is -2.37. The Morgan fingerprint density at radius 2 is 1.95 bits per heavy atom. The number of nitrogens with one attached hydrogen (secondary N) is 1. The first kappa shape index (κ1) is 26.3. The highest BCUT2D eigenvalue weighted by Crippen LogP contribution is 2.32. The van der Waals surface area contributed by atoms with Crippen molar-refractivity contribution in [2.45, 2.75) is 26.1 Å². The zero-order valence-corrected chi connectivity index (χ0v) is 20.2. The number of hydrogen-bond donors (Lipinski definition) is 1. The largest absolute Gasteiger partial charge is 0.573 e. The molecule has 0 saturated carbocycles. The summed E-state index contributed by atoms with van der Waals surface area (Å²) in [6.07, 6.45) is -0.999. The third kappa shape index (κ3) is 6.70. The highest BCUT2D eigenvalue weighted by Gasteiger charge is 2.32. The van der Waals surface area contributed by atoms with Gasteiger partial charge in [-0.2, -0.15) is 0 Å². The molecular formula is C23H21F4N5O4S. The summed E-state index contributed by atoms with van der Waals surface area (Å²) in [6.45, 7) is 3.32. The Morgan fingerprint density at radius 1 is 1.19 bits per heavy atom. The van der Waals surface area contributed by atoms with Gasteiger partial charge in [0.25, 0.3) is 5.91 Å². The van der Waals surface area contributed by atoms with E-state index in [0.717, 1.165) is 23.5 Å². The van der Waals surface area contributed by atoms with Crippen LogP contribution in [0.25, 0.3) is 11.3 Å². The molecule has 3 aromatic rings. The van der Waals surface area contributed by atoms with E-state index in [9.17, 15) is 27.2 Å². The molecule has 9 nitrogen and oxygen atoms in total. The van der Waals surface area contributed by atoms with Gasteiger partial charge in [-0.15, -0.1) is 24.5 Å². The molecule has 1 amide bonds. The lowest BCUT2D eigenvalue weighted by molar-refractivity contribution is -0.275. The first-order chi connectivity index (χ1) is 17.6. The van der Waals surface area contributed by atoms with Crippen LogP contribution in [0.1, 0.15) is 30.3 Å². The van der Waals surface area contributed by atoms with Gasteiger partial charge in [0.1, 0.15) is 11.5 Å². The van der Waals surface area contributed by atoms with Crippen LogP contribution in [0.15, 0.2) is 36.0 Å². The Bertz CT molecular complexity index is 1260. The minimum Gasteiger partial charge on any atom is -0.466 e. The van der Waals surface area contributed by atoms with E-state index in [1.54, 1.807) is 6.92 Å². The number of nitrogens with zero attached hydrogens (tertiary/aromatic N) is 4. The smallest absolute Gasteiger partial charge is 0.466 e. The van der Waals surface area contributed by atoms with Crippen LogP contribution in [-0.2, 0) is 9.53 Å². The molecule has 0 atom stereocenters. The average Bonchev–Trinajstić information content (AvgIpc) is 3.33. The summed E-state index contributed by atoms with van der Waals surface area (Å²) in [7, 11) is 0. The summed E-state index contributed by atoms with van der Waals surface area (Å²) in [6, 6.07) is 2.96. The maximum atomic E-state index is 13.7. The predicted molar refractivity (Wildman–Crippen MR) is 126 cm³/mol. The van der Waals surface area contributed by atoms with E-state index in [4.69, 9.17) is 4.74 Å². The SMILES string of the molecule is CCOC(=O)C1CCN(c2cnc(C(=O)Nc3nc(-c4ccc(F)c(OC(F)(F)F)c4)cs3)cn2)CC1. The highest BCUT2D eigenvalue weighted by atomic mass is 32.1. The van der Waals surface area contributed by atoms with E-state index in [0.29, 0.717) is 38.4 Å². The number of aromatic nitrogens is 3. The maximum absolute atomic E-state index is 13.7. The van der Waals surface area contributed by atoms with Gasteiger partial charge in [-0.05, 0) is 38.0 Å². The molecule has 0 aliphatic carbocycles. The number of anilines is 2. The zero-order chi connectivity index (χ0) is 26.6. The maximum Gasteiger partial charge on any atom is 0.573 e. The molecule has 0 spiro atoms. The number of esters is 1. The van der Waals surface area contributed by atoms with E-state index in [1.807, 2.05) is 4.90 Å². The summed E-state index contributed by atoms with van der Waals surface area (Å²) >= 11 is 1.03. The van der Waals surface area contributed by atoms with Crippen molar-refractivity contribution in [3.63, 3.8) is 0 Å². The summed E-state index contributed by atoms with van der Waals surface area (Å²) in [4.78, 5) is 39.1. The van der Waals surface area contributed by atoms with Gasteiger partial charge in [-0.25, -0.2) is 19.3 Å². The van der Waals surface area contributed by atoms with Crippen molar-refractivity contribution in [2.75, 3.05) is 29.9 Å². The molecule has 1 N–H and O–H groups in total. The number of ether oxygens (including phenoxy) is 2. The monoisotopic (exact) mass is 539 g/mol. The number of carbonyl (C=O) groups excluding carboxylic acids is 2. The fourth-order valence-electron chi connectivity index (χ4n) is 3.70. The van der Waals surface area contributed by atoms with Gasteiger partial charge in [-0.3, -0.25) is 14.9 Å². The Morgan fingerprint density at radius 3 is 2.59 bits per heavy atom. The van der Waals surface area contributed by atoms with E-state index in [-0.39, 0.29) is 34.0 Å². The standard InChI is InChI=1S/C23H21F4N5O4S/c1-2-35-21(34)13-5-7-32(8-6-13)19-11-28-16(10-29-19)20(33)31-22-30-17(12-37-22)14-3-4-15(24)18(9-14)36-23(25,26)27/h3-4,9-13H,2,5-8H2,1H3,(H,30,31,33). The number of hydrogen-bond acceptors (Lipinski definition) is 9. The molecule has 1 fully saturated rings. The lowest BCUT2D eigenvalue weighted by atomic mass is 9.97. The Balaban J connectivity index is 1.36. The number of halogens is 4. The van der Waals surface area contributed by atoms with Gasteiger partial charge in [0, 0.05) is 24.0 Å². The molecule has 0 bridgehead atoms. The molecule has 37 heavy (non-hydrogen) atoms. The number of carbonyl (C=O) groups is 2. The van der Waals surface area contributed by atoms with E-state index >= 15 is 0 Å².